The summed E-state index contributed by atoms with van der Waals surface area (Å²) in [5.74, 6) is 1.36. The summed E-state index contributed by atoms with van der Waals surface area (Å²) in [6, 6.07) is 21.3. The summed E-state index contributed by atoms with van der Waals surface area (Å²) in [5.41, 5.74) is 2.68. The molecule has 0 unspecified atom stereocenters. The topological polar surface area (TPSA) is 8.81 Å². The first-order valence-electron chi connectivity index (χ1n) is 7.52. The zero-order valence-electron chi connectivity index (χ0n) is 12.8. The molecule has 0 spiro atoms. The second kappa shape index (κ2) is 7.81. The molecule has 1 aromatic heterocycles. The molecule has 0 N–H and O–H groups in total. The number of rotatable bonds is 5. The summed E-state index contributed by atoms with van der Waals surface area (Å²) in [6.45, 7) is 4.09. The second-order valence-corrected chi connectivity index (χ2v) is 5.29. The first-order chi connectivity index (χ1) is 10.4. The molecule has 0 aliphatic rings. The summed E-state index contributed by atoms with van der Waals surface area (Å²) in [7, 11) is 0. The molecule has 114 valence electrons. The van der Waals surface area contributed by atoms with Crippen LogP contribution in [0.1, 0.15) is 23.9 Å². The van der Waals surface area contributed by atoms with Crippen molar-refractivity contribution in [3.63, 3.8) is 0 Å². The van der Waals surface area contributed by atoms with E-state index in [2.05, 4.69) is 89.1 Å². The van der Waals surface area contributed by atoms with Crippen LogP contribution in [0.5, 0.6) is 0 Å². The molecule has 3 rings (SSSR count). The average molecular weight is 313 g/mol. The number of nitrogens with zero attached hydrogens (tertiary/aromatic N) is 2. The molecule has 2 nitrogen and oxygen atoms in total. The van der Waals surface area contributed by atoms with E-state index in [1.807, 2.05) is 0 Å². The minimum atomic E-state index is 0. The molecule has 1 heterocycles. The monoisotopic (exact) mass is 312 g/mol. The van der Waals surface area contributed by atoms with Crippen LogP contribution >= 0.6 is 0 Å². The Morgan fingerprint density at radius 1 is 0.864 bits per heavy atom. The number of hydrogen-bond acceptors (Lipinski definition) is 0. The van der Waals surface area contributed by atoms with E-state index in [9.17, 15) is 0 Å². The van der Waals surface area contributed by atoms with Crippen molar-refractivity contribution >= 4 is 0 Å². The van der Waals surface area contributed by atoms with Gasteiger partial charge in [-0.05, 0) is 11.1 Å². The van der Waals surface area contributed by atoms with E-state index in [4.69, 9.17) is 0 Å². The predicted octanol–water partition coefficient (Wildman–Crippen LogP) is 0.439. The molecule has 2 aromatic carbocycles. The van der Waals surface area contributed by atoms with Crippen LogP contribution < -0.4 is 17.0 Å². The molecule has 0 amide bonds. The maximum absolute atomic E-state index is 2.35. The molecule has 0 bridgehead atoms. The summed E-state index contributed by atoms with van der Waals surface area (Å²) >= 11 is 0. The lowest BCUT2D eigenvalue weighted by Crippen LogP contribution is -3.00. The Bertz CT molecular complexity index is 631. The van der Waals surface area contributed by atoms with Gasteiger partial charge in [0.15, 0.2) is 0 Å². The maximum atomic E-state index is 2.35. The van der Waals surface area contributed by atoms with Gasteiger partial charge in [0.25, 0.3) is 5.82 Å². The third-order valence-corrected chi connectivity index (χ3v) is 3.80. The zero-order chi connectivity index (χ0) is 14.5. The zero-order valence-corrected chi connectivity index (χ0v) is 13.6. The Morgan fingerprint density at radius 3 is 2.05 bits per heavy atom. The van der Waals surface area contributed by atoms with Gasteiger partial charge in [-0.1, -0.05) is 67.6 Å². The van der Waals surface area contributed by atoms with Gasteiger partial charge in [-0.2, -0.15) is 0 Å². The Balaban J connectivity index is 0.00000176. The van der Waals surface area contributed by atoms with E-state index in [0.717, 1.165) is 19.5 Å². The molecule has 0 aliphatic heterocycles. The van der Waals surface area contributed by atoms with Gasteiger partial charge in [-0.25, -0.2) is 9.13 Å². The molecule has 3 heteroatoms. The first kappa shape index (κ1) is 16.3. The normalized spacial score (nSPS) is 10.2. The summed E-state index contributed by atoms with van der Waals surface area (Å²) in [6.07, 6.45) is 5.41. The predicted molar refractivity (Wildman–Crippen MR) is 85.1 cm³/mol. The lowest BCUT2D eigenvalue weighted by Gasteiger charge is -2.04. The van der Waals surface area contributed by atoms with Gasteiger partial charge in [0, 0.05) is 6.42 Å². The third kappa shape index (κ3) is 3.77. The number of benzene rings is 2. The standard InChI is InChI=1S/C19H21N2.ClH/c1-2-19-20(15-17-9-5-3-6-10-17)13-14-21(19)16-18-11-7-4-8-12-18;/h3-14H,2,15-16H2,1H3;1H/q+1;/p-1. The van der Waals surface area contributed by atoms with Crippen LogP contribution in [-0.2, 0) is 19.5 Å². The number of aromatic nitrogens is 2. The number of halogens is 1. The molecule has 22 heavy (non-hydrogen) atoms. The fraction of sp³-hybridized carbons (Fsp3) is 0.211. The molecule has 0 atom stereocenters. The van der Waals surface area contributed by atoms with Gasteiger partial charge in [0.1, 0.15) is 25.5 Å². The van der Waals surface area contributed by atoms with E-state index >= 15 is 0 Å². The highest BCUT2D eigenvalue weighted by atomic mass is 35.5. The highest BCUT2D eigenvalue weighted by Gasteiger charge is 2.15. The smallest absolute Gasteiger partial charge is 0.256 e. The molecule has 0 saturated heterocycles. The molecule has 0 saturated carbocycles. The van der Waals surface area contributed by atoms with Gasteiger partial charge in [0.2, 0.25) is 0 Å². The van der Waals surface area contributed by atoms with Crippen LogP contribution in [0.3, 0.4) is 0 Å². The fourth-order valence-electron chi connectivity index (χ4n) is 2.75. The van der Waals surface area contributed by atoms with Crippen LogP contribution in [0, 0.1) is 0 Å². The largest absolute Gasteiger partial charge is 1.00 e. The van der Waals surface area contributed by atoms with Crippen molar-refractivity contribution < 1.29 is 17.0 Å². The first-order valence-corrected chi connectivity index (χ1v) is 7.52. The van der Waals surface area contributed by atoms with Crippen LogP contribution in [-0.4, -0.2) is 4.57 Å². The Labute approximate surface area is 138 Å². The van der Waals surface area contributed by atoms with Crippen LogP contribution in [0.2, 0.25) is 0 Å². The van der Waals surface area contributed by atoms with Crippen LogP contribution in [0.25, 0.3) is 0 Å². The van der Waals surface area contributed by atoms with Crippen molar-refractivity contribution in [3.8, 4) is 0 Å². The third-order valence-electron chi connectivity index (χ3n) is 3.80. The molecular weight excluding hydrogens is 292 g/mol. The van der Waals surface area contributed by atoms with E-state index in [0.29, 0.717) is 0 Å². The molecule has 0 aliphatic carbocycles. The SMILES string of the molecule is CCc1n(Cc2ccccc2)cc[n+]1Cc1ccccc1.[Cl-]. The molecule has 0 radical (unpaired) electrons. The summed E-state index contributed by atoms with van der Waals surface area (Å²) < 4.78 is 4.69. The van der Waals surface area contributed by atoms with Crippen molar-refractivity contribution in [3.05, 3.63) is 90.0 Å². The highest BCUT2D eigenvalue weighted by molar-refractivity contribution is 5.16. The van der Waals surface area contributed by atoms with Gasteiger partial charge >= 0.3 is 0 Å². The van der Waals surface area contributed by atoms with Gasteiger partial charge < -0.3 is 12.4 Å². The lowest BCUT2D eigenvalue weighted by molar-refractivity contribution is -0.695. The van der Waals surface area contributed by atoms with E-state index in [1.54, 1.807) is 0 Å². The molecular formula is C19H21ClN2. The van der Waals surface area contributed by atoms with Crippen molar-refractivity contribution in [1.82, 2.24) is 4.57 Å². The highest BCUT2D eigenvalue weighted by Crippen LogP contribution is 2.06. The number of hydrogen-bond donors (Lipinski definition) is 0. The summed E-state index contributed by atoms with van der Waals surface area (Å²) in [4.78, 5) is 0. The Hall–Kier alpha value is -2.06. The fourth-order valence-corrected chi connectivity index (χ4v) is 2.75. The van der Waals surface area contributed by atoms with E-state index < -0.39 is 0 Å². The molecule has 0 fully saturated rings. The lowest BCUT2D eigenvalue weighted by atomic mass is 10.2. The second-order valence-electron chi connectivity index (χ2n) is 5.29. The summed E-state index contributed by atoms with van der Waals surface area (Å²) in [5, 5.41) is 0. The minimum absolute atomic E-state index is 0. The van der Waals surface area contributed by atoms with E-state index in [-0.39, 0.29) is 12.4 Å². The van der Waals surface area contributed by atoms with Crippen molar-refractivity contribution in [1.29, 1.82) is 0 Å². The van der Waals surface area contributed by atoms with Gasteiger partial charge in [0.05, 0.1) is 0 Å². The molecule has 3 aromatic rings. The Morgan fingerprint density at radius 2 is 1.45 bits per heavy atom. The van der Waals surface area contributed by atoms with Crippen LogP contribution in [0.15, 0.2) is 73.1 Å². The van der Waals surface area contributed by atoms with Crippen molar-refractivity contribution in [2.45, 2.75) is 26.4 Å². The average Bonchev–Trinajstić information content (AvgIpc) is 2.91. The van der Waals surface area contributed by atoms with E-state index in [1.165, 1.54) is 17.0 Å². The quantitative estimate of drug-likeness (QED) is 0.605. The van der Waals surface area contributed by atoms with Crippen molar-refractivity contribution in [2.24, 2.45) is 0 Å². The minimum Gasteiger partial charge on any atom is -1.00 e. The van der Waals surface area contributed by atoms with Gasteiger partial charge in [-0.3, -0.25) is 0 Å². The van der Waals surface area contributed by atoms with Crippen LogP contribution in [0.4, 0.5) is 0 Å². The van der Waals surface area contributed by atoms with Gasteiger partial charge in [-0.15, -0.1) is 0 Å². The maximum Gasteiger partial charge on any atom is 0.256 e. The number of imidazole rings is 1. The van der Waals surface area contributed by atoms with Crippen molar-refractivity contribution in [2.75, 3.05) is 0 Å². The Kier molecular flexibility index (Phi) is 5.79.